The Morgan fingerprint density at radius 2 is 2.27 bits per heavy atom. The van der Waals surface area contributed by atoms with Gasteiger partial charge in [0.15, 0.2) is 0 Å². The molecule has 1 aliphatic heterocycles. The molecule has 3 rings (SSSR count). The molecule has 2 aromatic heterocycles. The zero-order valence-corrected chi connectivity index (χ0v) is 15.4. The van der Waals surface area contributed by atoms with Crippen LogP contribution in [0.15, 0.2) is 23.2 Å². The minimum Gasteiger partial charge on any atom is -0.391 e. The molecule has 3 heterocycles. The molecule has 0 bridgehead atoms. The summed E-state index contributed by atoms with van der Waals surface area (Å²) in [6.45, 7) is 2.35. The van der Waals surface area contributed by atoms with E-state index in [0.29, 0.717) is 26.1 Å². The van der Waals surface area contributed by atoms with Gasteiger partial charge in [-0.2, -0.15) is 0 Å². The number of hydrogen-bond acceptors (Lipinski definition) is 9. The highest BCUT2D eigenvalue weighted by atomic mass is 16.5. The Balaban J connectivity index is 1.63. The smallest absolute Gasteiger partial charge is 0.134 e. The maximum Gasteiger partial charge on any atom is 0.134 e. The van der Waals surface area contributed by atoms with E-state index in [-0.39, 0.29) is 12.1 Å². The van der Waals surface area contributed by atoms with Crippen LogP contribution in [0.4, 0.5) is 11.6 Å². The molecule has 1 saturated heterocycles. The molecule has 0 saturated carbocycles. The highest BCUT2D eigenvalue weighted by Gasteiger charge is 2.31. The molecule has 9 heteroatoms. The fourth-order valence-electron chi connectivity index (χ4n) is 3.16. The Morgan fingerprint density at radius 3 is 3.04 bits per heavy atom. The summed E-state index contributed by atoms with van der Waals surface area (Å²) in [7, 11) is 5.52. The lowest BCUT2D eigenvalue weighted by Crippen LogP contribution is -2.38. The molecular formula is C17H26N6O3. The third-order valence-corrected chi connectivity index (χ3v) is 4.49. The van der Waals surface area contributed by atoms with E-state index in [0.717, 1.165) is 29.4 Å². The first kappa shape index (κ1) is 18.6. The number of rotatable bonds is 8. The first-order chi connectivity index (χ1) is 12.6. The summed E-state index contributed by atoms with van der Waals surface area (Å²) in [5.74, 6) is 1.67. The van der Waals surface area contributed by atoms with Crippen molar-refractivity contribution in [3.8, 4) is 0 Å². The van der Waals surface area contributed by atoms with Gasteiger partial charge in [-0.3, -0.25) is 0 Å². The molecule has 0 aliphatic carbocycles. The predicted octanol–water partition coefficient (Wildman–Crippen LogP) is 0.406. The van der Waals surface area contributed by atoms with Gasteiger partial charge in [0.1, 0.15) is 29.9 Å². The van der Waals surface area contributed by atoms with Gasteiger partial charge >= 0.3 is 0 Å². The van der Waals surface area contributed by atoms with Crippen LogP contribution in [0, 0.1) is 0 Å². The molecule has 2 aromatic rings. The van der Waals surface area contributed by atoms with Crippen LogP contribution in [0.5, 0.6) is 0 Å². The van der Waals surface area contributed by atoms with Crippen molar-refractivity contribution in [1.82, 2.24) is 20.4 Å². The Kier molecular flexibility index (Phi) is 6.02. The maximum atomic E-state index is 10.1. The van der Waals surface area contributed by atoms with Crippen LogP contribution in [0.3, 0.4) is 0 Å². The van der Waals surface area contributed by atoms with Crippen molar-refractivity contribution in [3.05, 3.63) is 29.9 Å². The lowest BCUT2D eigenvalue weighted by molar-refractivity contribution is 0.176. The second kappa shape index (κ2) is 8.43. The molecule has 2 atom stereocenters. The second-order valence-corrected chi connectivity index (χ2v) is 6.67. The SMILES string of the molecule is COCc1nocc1CNC[C@H]1C[C@@H](O)CN1c1cc(N(C)C)ncn1. The van der Waals surface area contributed by atoms with E-state index >= 15 is 0 Å². The van der Waals surface area contributed by atoms with Gasteiger partial charge in [-0.05, 0) is 6.42 Å². The van der Waals surface area contributed by atoms with Gasteiger partial charge in [-0.1, -0.05) is 5.16 Å². The molecule has 1 fully saturated rings. The van der Waals surface area contributed by atoms with E-state index in [1.807, 2.05) is 25.1 Å². The van der Waals surface area contributed by atoms with Crippen LogP contribution in [-0.2, 0) is 17.9 Å². The van der Waals surface area contributed by atoms with Crippen LogP contribution < -0.4 is 15.1 Å². The van der Waals surface area contributed by atoms with Gasteiger partial charge in [-0.15, -0.1) is 0 Å². The largest absolute Gasteiger partial charge is 0.391 e. The van der Waals surface area contributed by atoms with Crippen molar-refractivity contribution in [2.75, 3.05) is 44.1 Å². The number of aromatic nitrogens is 3. The molecule has 0 spiro atoms. The van der Waals surface area contributed by atoms with Gasteiger partial charge in [0.05, 0.1) is 12.7 Å². The summed E-state index contributed by atoms with van der Waals surface area (Å²) < 4.78 is 10.1. The monoisotopic (exact) mass is 362 g/mol. The van der Waals surface area contributed by atoms with Gasteiger partial charge in [0.25, 0.3) is 0 Å². The number of anilines is 2. The normalized spacial score (nSPS) is 19.9. The fourth-order valence-corrected chi connectivity index (χ4v) is 3.16. The molecule has 2 N–H and O–H groups in total. The third kappa shape index (κ3) is 4.29. The van der Waals surface area contributed by atoms with Crippen molar-refractivity contribution < 1.29 is 14.4 Å². The van der Waals surface area contributed by atoms with Crippen molar-refractivity contribution >= 4 is 11.6 Å². The van der Waals surface area contributed by atoms with Crippen molar-refractivity contribution in [1.29, 1.82) is 0 Å². The molecule has 1 aliphatic rings. The summed E-state index contributed by atoms with van der Waals surface area (Å²) >= 11 is 0. The first-order valence-electron chi connectivity index (χ1n) is 8.64. The standard InChI is InChI=1S/C17H26N6O3/c1-22(2)16-5-17(20-11-19-16)23-8-14(24)4-13(23)7-18-6-12-9-26-21-15(12)10-25-3/h5,9,11,13-14,18,24H,4,6-8,10H2,1-3H3/t13-,14-/m1/s1. The maximum absolute atomic E-state index is 10.1. The fraction of sp³-hybridized carbons (Fsp3) is 0.588. The summed E-state index contributed by atoms with van der Waals surface area (Å²) in [5, 5.41) is 17.5. The molecule has 0 radical (unpaired) electrons. The third-order valence-electron chi connectivity index (χ3n) is 4.49. The Hall–Kier alpha value is -2.23. The highest BCUT2D eigenvalue weighted by Crippen LogP contribution is 2.25. The van der Waals surface area contributed by atoms with Crippen LogP contribution in [0.25, 0.3) is 0 Å². The number of hydrogen-bond donors (Lipinski definition) is 2. The summed E-state index contributed by atoms with van der Waals surface area (Å²) in [6, 6.07) is 2.10. The number of nitrogens with zero attached hydrogens (tertiary/aromatic N) is 5. The Labute approximate surface area is 153 Å². The van der Waals surface area contributed by atoms with Gasteiger partial charge in [-0.25, -0.2) is 9.97 Å². The molecule has 142 valence electrons. The highest BCUT2D eigenvalue weighted by molar-refractivity contribution is 5.51. The Bertz CT molecular complexity index is 707. The van der Waals surface area contributed by atoms with E-state index in [4.69, 9.17) is 9.26 Å². The quantitative estimate of drug-likeness (QED) is 0.691. The number of aliphatic hydroxyl groups is 1. The molecule has 0 unspecified atom stereocenters. The zero-order chi connectivity index (χ0) is 18.5. The Morgan fingerprint density at radius 1 is 1.42 bits per heavy atom. The van der Waals surface area contributed by atoms with Crippen LogP contribution in [-0.4, -0.2) is 66.7 Å². The molecular weight excluding hydrogens is 336 g/mol. The number of aliphatic hydroxyl groups excluding tert-OH is 1. The second-order valence-electron chi connectivity index (χ2n) is 6.67. The molecule has 9 nitrogen and oxygen atoms in total. The van der Waals surface area contributed by atoms with E-state index in [1.54, 1.807) is 19.7 Å². The zero-order valence-electron chi connectivity index (χ0n) is 15.4. The molecule has 26 heavy (non-hydrogen) atoms. The van der Waals surface area contributed by atoms with Crippen molar-refractivity contribution in [2.24, 2.45) is 0 Å². The van der Waals surface area contributed by atoms with Crippen molar-refractivity contribution in [3.63, 3.8) is 0 Å². The number of β-amino-alcohol motifs (C(OH)–C–C–N with tert-alkyl or cyclic N) is 1. The number of methoxy groups -OCH3 is 1. The lowest BCUT2D eigenvalue weighted by Gasteiger charge is -2.26. The van der Waals surface area contributed by atoms with Crippen LogP contribution in [0.1, 0.15) is 17.7 Å². The summed E-state index contributed by atoms with van der Waals surface area (Å²) in [6.07, 6.45) is 3.53. The predicted molar refractivity (Wildman–Crippen MR) is 97.0 cm³/mol. The first-order valence-corrected chi connectivity index (χ1v) is 8.64. The summed E-state index contributed by atoms with van der Waals surface area (Å²) in [4.78, 5) is 12.7. The number of ether oxygens (including phenoxy) is 1. The van der Waals surface area contributed by atoms with Crippen LogP contribution >= 0.6 is 0 Å². The average Bonchev–Trinajstić information content (AvgIpc) is 3.22. The topological polar surface area (TPSA) is 99.8 Å². The van der Waals surface area contributed by atoms with E-state index < -0.39 is 0 Å². The minimum absolute atomic E-state index is 0.153. The van der Waals surface area contributed by atoms with E-state index in [9.17, 15) is 5.11 Å². The van der Waals surface area contributed by atoms with Crippen LogP contribution in [0.2, 0.25) is 0 Å². The summed E-state index contributed by atoms with van der Waals surface area (Å²) in [5.41, 5.74) is 1.78. The molecule has 0 amide bonds. The minimum atomic E-state index is -0.362. The lowest BCUT2D eigenvalue weighted by atomic mass is 10.2. The van der Waals surface area contributed by atoms with E-state index in [2.05, 4.69) is 25.3 Å². The van der Waals surface area contributed by atoms with Crippen molar-refractivity contribution in [2.45, 2.75) is 31.7 Å². The average molecular weight is 362 g/mol. The number of nitrogens with one attached hydrogen (secondary N) is 1. The van der Waals surface area contributed by atoms with E-state index in [1.165, 1.54) is 0 Å². The van der Waals surface area contributed by atoms with Gasteiger partial charge in [0.2, 0.25) is 0 Å². The molecule has 0 aromatic carbocycles. The van der Waals surface area contributed by atoms with Gasteiger partial charge < -0.3 is 29.5 Å². The van der Waals surface area contributed by atoms with Gasteiger partial charge in [0, 0.05) is 58.5 Å².